The Hall–Kier alpha value is -3.36. The number of aryl methyl sites for hydroxylation is 2. The molecule has 0 fully saturated rings. The Balaban J connectivity index is 1.88. The van der Waals surface area contributed by atoms with E-state index < -0.39 is 15.9 Å². The number of benzene rings is 3. The summed E-state index contributed by atoms with van der Waals surface area (Å²) in [4.78, 5) is 13.1. The highest BCUT2D eigenvalue weighted by molar-refractivity contribution is 7.89. The molecule has 0 aliphatic heterocycles. The van der Waals surface area contributed by atoms with Crippen LogP contribution in [-0.2, 0) is 21.2 Å². The second-order valence-electron chi connectivity index (χ2n) is 7.96. The van der Waals surface area contributed by atoms with E-state index in [2.05, 4.69) is 5.32 Å². The second kappa shape index (κ2) is 11.2. The quantitative estimate of drug-likeness (QED) is 0.468. The van der Waals surface area contributed by atoms with Crippen molar-refractivity contribution >= 4 is 21.6 Å². The van der Waals surface area contributed by atoms with Crippen LogP contribution in [0.3, 0.4) is 0 Å². The summed E-state index contributed by atoms with van der Waals surface area (Å²) in [5.41, 5.74) is 3.11. The average Bonchev–Trinajstić information content (AvgIpc) is 2.82. The number of hydrogen-bond donors (Lipinski definition) is 1. The molecule has 180 valence electrons. The van der Waals surface area contributed by atoms with Crippen LogP contribution in [-0.4, -0.2) is 45.9 Å². The van der Waals surface area contributed by atoms with Gasteiger partial charge in [-0.05, 0) is 67.3 Å². The van der Waals surface area contributed by atoms with E-state index in [1.165, 1.54) is 24.6 Å². The van der Waals surface area contributed by atoms with Gasteiger partial charge in [-0.2, -0.15) is 4.31 Å². The zero-order valence-corrected chi connectivity index (χ0v) is 20.7. The first-order chi connectivity index (χ1) is 16.2. The second-order valence-corrected chi connectivity index (χ2v) is 9.90. The minimum Gasteiger partial charge on any atom is -0.496 e. The van der Waals surface area contributed by atoms with Crippen molar-refractivity contribution in [2.75, 3.05) is 32.6 Å². The van der Waals surface area contributed by atoms with E-state index in [1.54, 1.807) is 31.2 Å². The topological polar surface area (TPSA) is 84.9 Å². The lowest BCUT2D eigenvalue weighted by molar-refractivity contribution is -0.116. The zero-order valence-electron chi connectivity index (χ0n) is 19.9. The maximum Gasteiger partial charge on any atom is 0.243 e. The Labute approximate surface area is 201 Å². The molecule has 8 heteroatoms. The van der Waals surface area contributed by atoms with Gasteiger partial charge in [0.2, 0.25) is 15.9 Å². The molecule has 1 amide bonds. The summed E-state index contributed by atoms with van der Waals surface area (Å²) in [5, 5.41) is 2.79. The first-order valence-corrected chi connectivity index (χ1v) is 12.3. The Morgan fingerprint density at radius 3 is 2.24 bits per heavy atom. The van der Waals surface area contributed by atoms with E-state index in [4.69, 9.17) is 9.47 Å². The molecule has 3 rings (SSSR count). The van der Waals surface area contributed by atoms with Gasteiger partial charge in [-0.25, -0.2) is 8.42 Å². The Morgan fingerprint density at radius 1 is 0.912 bits per heavy atom. The molecule has 3 aromatic carbocycles. The van der Waals surface area contributed by atoms with Crippen molar-refractivity contribution < 1.29 is 22.7 Å². The summed E-state index contributed by atoms with van der Waals surface area (Å²) in [6.45, 7) is 3.49. The first kappa shape index (κ1) is 25.3. The number of nitrogens with one attached hydrogen (secondary N) is 1. The third-order valence-corrected chi connectivity index (χ3v) is 7.29. The molecule has 0 saturated heterocycles. The van der Waals surface area contributed by atoms with Gasteiger partial charge >= 0.3 is 0 Å². The van der Waals surface area contributed by atoms with Crippen LogP contribution in [0.25, 0.3) is 0 Å². The number of hydrogen-bond acceptors (Lipinski definition) is 5. The molecule has 7 nitrogen and oxygen atoms in total. The molecular weight excluding hydrogens is 452 g/mol. The van der Waals surface area contributed by atoms with Gasteiger partial charge in [0, 0.05) is 6.54 Å². The highest BCUT2D eigenvalue weighted by Gasteiger charge is 2.27. The van der Waals surface area contributed by atoms with Crippen molar-refractivity contribution in [1.82, 2.24) is 4.31 Å². The van der Waals surface area contributed by atoms with Crippen molar-refractivity contribution in [3.8, 4) is 11.5 Å². The molecule has 0 aromatic heterocycles. The molecule has 0 radical (unpaired) electrons. The third-order valence-electron chi connectivity index (χ3n) is 5.45. The van der Waals surface area contributed by atoms with Crippen LogP contribution in [0.4, 0.5) is 5.69 Å². The zero-order chi connectivity index (χ0) is 24.7. The van der Waals surface area contributed by atoms with Crippen LogP contribution in [0.15, 0.2) is 71.6 Å². The third kappa shape index (κ3) is 6.15. The highest BCUT2D eigenvalue weighted by atomic mass is 32.2. The van der Waals surface area contributed by atoms with Gasteiger partial charge in [-0.1, -0.05) is 36.4 Å². The lowest BCUT2D eigenvalue weighted by atomic mass is 10.1. The van der Waals surface area contributed by atoms with Crippen molar-refractivity contribution in [1.29, 1.82) is 0 Å². The minimum absolute atomic E-state index is 0.111. The van der Waals surface area contributed by atoms with E-state index in [1.807, 2.05) is 43.3 Å². The van der Waals surface area contributed by atoms with Gasteiger partial charge in [-0.3, -0.25) is 4.79 Å². The predicted octanol–water partition coefficient (Wildman–Crippen LogP) is 4.19. The number of rotatable bonds is 10. The van der Waals surface area contributed by atoms with Gasteiger partial charge in [0.25, 0.3) is 0 Å². The van der Waals surface area contributed by atoms with Gasteiger partial charge in [-0.15, -0.1) is 0 Å². The molecule has 34 heavy (non-hydrogen) atoms. The normalized spacial score (nSPS) is 11.3. The van der Waals surface area contributed by atoms with Crippen LogP contribution in [0.2, 0.25) is 0 Å². The van der Waals surface area contributed by atoms with Gasteiger partial charge < -0.3 is 14.8 Å². The molecule has 0 aliphatic carbocycles. The van der Waals surface area contributed by atoms with Crippen LogP contribution in [0.1, 0.15) is 16.7 Å². The molecule has 0 heterocycles. The summed E-state index contributed by atoms with van der Waals surface area (Å²) in [6.07, 6.45) is 0.469. The molecule has 0 bridgehead atoms. The van der Waals surface area contributed by atoms with E-state index >= 15 is 0 Å². The van der Waals surface area contributed by atoms with Crippen LogP contribution in [0.5, 0.6) is 11.5 Å². The van der Waals surface area contributed by atoms with E-state index in [-0.39, 0.29) is 18.0 Å². The molecule has 0 saturated carbocycles. The maximum absolute atomic E-state index is 13.6. The average molecular weight is 483 g/mol. The SMILES string of the molecule is COc1ccc(S(=O)(=O)N(CCc2ccccc2)CC(=O)Nc2cc(C)ccc2OC)cc1C. The van der Waals surface area contributed by atoms with Crippen molar-refractivity contribution in [3.05, 3.63) is 83.4 Å². The molecule has 3 aromatic rings. The van der Waals surface area contributed by atoms with Crippen molar-refractivity contribution in [3.63, 3.8) is 0 Å². The summed E-state index contributed by atoms with van der Waals surface area (Å²) in [7, 11) is -0.893. The van der Waals surface area contributed by atoms with E-state index in [0.29, 0.717) is 29.2 Å². The largest absolute Gasteiger partial charge is 0.496 e. The summed E-state index contributed by atoms with van der Waals surface area (Å²) >= 11 is 0. The number of amides is 1. The van der Waals surface area contributed by atoms with E-state index in [9.17, 15) is 13.2 Å². The van der Waals surface area contributed by atoms with Gasteiger partial charge in [0.15, 0.2) is 0 Å². The number of carbonyl (C=O) groups excluding carboxylic acids is 1. The van der Waals surface area contributed by atoms with Gasteiger partial charge in [0.1, 0.15) is 11.5 Å². The molecule has 0 aliphatic rings. The molecule has 0 spiro atoms. The van der Waals surface area contributed by atoms with Crippen LogP contribution < -0.4 is 14.8 Å². The smallest absolute Gasteiger partial charge is 0.243 e. The summed E-state index contributed by atoms with van der Waals surface area (Å²) in [6, 6.07) is 19.7. The van der Waals surface area contributed by atoms with Crippen LogP contribution >= 0.6 is 0 Å². The number of sulfonamides is 1. The molecule has 1 N–H and O–H groups in total. The van der Waals surface area contributed by atoms with Gasteiger partial charge in [0.05, 0.1) is 31.3 Å². The minimum atomic E-state index is -3.94. The van der Waals surface area contributed by atoms with E-state index in [0.717, 1.165) is 11.1 Å². The fraction of sp³-hybridized carbons (Fsp3) is 0.269. The number of methoxy groups -OCH3 is 2. The predicted molar refractivity (Wildman–Crippen MR) is 133 cm³/mol. The standard InChI is InChI=1S/C26H30N2O5S/c1-19-10-12-25(33-4)23(16-19)27-26(29)18-28(15-14-21-8-6-5-7-9-21)34(30,31)22-11-13-24(32-3)20(2)17-22/h5-13,16-17H,14-15,18H2,1-4H3,(H,27,29). The summed E-state index contributed by atoms with van der Waals surface area (Å²) < 4.78 is 38.9. The fourth-order valence-corrected chi connectivity index (χ4v) is 5.10. The van der Waals surface area contributed by atoms with Crippen molar-refractivity contribution in [2.24, 2.45) is 0 Å². The lowest BCUT2D eigenvalue weighted by Crippen LogP contribution is -2.39. The molecular formula is C26H30N2O5S. The molecule has 0 atom stereocenters. The maximum atomic E-state index is 13.6. The number of ether oxygens (including phenoxy) is 2. The summed E-state index contributed by atoms with van der Waals surface area (Å²) in [5.74, 6) is 0.647. The Kier molecular flexibility index (Phi) is 8.31. The highest BCUT2D eigenvalue weighted by Crippen LogP contribution is 2.26. The monoisotopic (exact) mass is 482 g/mol. The number of anilines is 1. The lowest BCUT2D eigenvalue weighted by Gasteiger charge is -2.23. The van der Waals surface area contributed by atoms with Crippen LogP contribution in [0, 0.1) is 13.8 Å². The Morgan fingerprint density at radius 2 is 1.59 bits per heavy atom. The number of nitrogens with zero attached hydrogens (tertiary/aromatic N) is 1. The fourth-order valence-electron chi connectivity index (χ4n) is 3.61. The first-order valence-electron chi connectivity index (χ1n) is 10.9. The molecule has 0 unspecified atom stereocenters. The number of carbonyl (C=O) groups is 1. The Bertz CT molecular complexity index is 1240. The van der Waals surface area contributed by atoms with Crippen molar-refractivity contribution in [2.45, 2.75) is 25.2 Å².